The van der Waals surface area contributed by atoms with Crippen LogP contribution in [0.15, 0.2) is 24.3 Å². The number of nitrogens with two attached hydrogens (primary N) is 1. The molecule has 3 N–H and O–H groups in total. The van der Waals surface area contributed by atoms with Crippen LogP contribution in [0.2, 0.25) is 0 Å². The zero-order valence-electron chi connectivity index (χ0n) is 9.63. The Labute approximate surface area is 100 Å². The number of hydrogen-bond donors (Lipinski definition) is 2. The molecule has 1 saturated carbocycles. The second kappa shape index (κ2) is 5.14. The zero-order valence-corrected chi connectivity index (χ0v) is 9.63. The summed E-state index contributed by atoms with van der Waals surface area (Å²) in [5.74, 6) is 0. The Morgan fingerprint density at radius 3 is 2.82 bits per heavy atom. The van der Waals surface area contributed by atoms with Crippen LogP contribution >= 0.6 is 0 Å². The van der Waals surface area contributed by atoms with Crippen molar-refractivity contribution in [2.75, 3.05) is 5.32 Å². The van der Waals surface area contributed by atoms with Gasteiger partial charge in [-0.1, -0.05) is 18.9 Å². The molecule has 5 nitrogen and oxygen atoms in total. The van der Waals surface area contributed by atoms with Crippen LogP contribution in [0.3, 0.4) is 0 Å². The summed E-state index contributed by atoms with van der Waals surface area (Å²) >= 11 is 0. The van der Waals surface area contributed by atoms with Gasteiger partial charge in [0.25, 0.3) is 5.69 Å². The minimum atomic E-state index is -0.383. The number of nitrogens with zero attached hydrogens (tertiary/aromatic N) is 1. The molecular weight excluding hydrogens is 218 g/mol. The predicted molar refractivity (Wildman–Crippen MR) is 67.0 cm³/mol. The second-order valence-corrected chi connectivity index (χ2v) is 4.51. The minimum absolute atomic E-state index is 0.111. The maximum absolute atomic E-state index is 10.7. The maximum atomic E-state index is 10.7. The number of non-ortho nitro benzene ring substituents is 1. The van der Waals surface area contributed by atoms with Crippen LogP contribution < -0.4 is 11.1 Å². The highest BCUT2D eigenvalue weighted by Crippen LogP contribution is 2.23. The smallest absolute Gasteiger partial charge is 0.271 e. The molecule has 0 heterocycles. The molecule has 0 unspecified atom stereocenters. The number of nitro groups is 1. The maximum Gasteiger partial charge on any atom is 0.271 e. The summed E-state index contributed by atoms with van der Waals surface area (Å²) in [6.07, 6.45) is 4.39. The highest BCUT2D eigenvalue weighted by Gasteiger charge is 2.21. The number of hydrogen-bond acceptors (Lipinski definition) is 4. The number of anilines is 1. The fraction of sp³-hybridized carbons (Fsp3) is 0.500. The molecule has 5 heteroatoms. The molecule has 0 aliphatic heterocycles. The molecule has 1 aliphatic carbocycles. The van der Waals surface area contributed by atoms with Crippen molar-refractivity contribution < 1.29 is 4.92 Å². The summed E-state index contributed by atoms with van der Waals surface area (Å²) < 4.78 is 0. The van der Waals surface area contributed by atoms with E-state index in [2.05, 4.69) is 5.32 Å². The van der Waals surface area contributed by atoms with Gasteiger partial charge in [-0.05, 0) is 18.9 Å². The van der Waals surface area contributed by atoms with Crippen molar-refractivity contribution in [3.63, 3.8) is 0 Å². The predicted octanol–water partition coefficient (Wildman–Crippen LogP) is 2.28. The van der Waals surface area contributed by atoms with Crippen molar-refractivity contribution in [2.45, 2.75) is 37.8 Å². The lowest BCUT2D eigenvalue weighted by molar-refractivity contribution is -0.384. The molecule has 92 valence electrons. The van der Waals surface area contributed by atoms with Gasteiger partial charge in [-0.15, -0.1) is 0 Å². The minimum Gasteiger partial charge on any atom is -0.381 e. The summed E-state index contributed by atoms with van der Waals surface area (Å²) in [4.78, 5) is 10.3. The van der Waals surface area contributed by atoms with Gasteiger partial charge in [-0.25, -0.2) is 0 Å². The molecule has 0 radical (unpaired) electrons. The lowest BCUT2D eigenvalue weighted by Gasteiger charge is -2.30. The average Bonchev–Trinajstić information content (AvgIpc) is 2.32. The van der Waals surface area contributed by atoms with Crippen molar-refractivity contribution >= 4 is 11.4 Å². The first kappa shape index (κ1) is 11.9. The summed E-state index contributed by atoms with van der Waals surface area (Å²) in [5, 5.41) is 14.0. The lowest BCUT2D eigenvalue weighted by atomic mass is 9.91. The summed E-state index contributed by atoms with van der Waals surface area (Å²) in [6.45, 7) is 0. The Morgan fingerprint density at radius 2 is 2.12 bits per heavy atom. The van der Waals surface area contributed by atoms with Gasteiger partial charge in [-0.2, -0.15) is 0 Å². The Hall–Kier alpha value is -1.62. The second-order valence-electron chi connectivity index (χ2n) is 4.51. The fourth-order valence-corrected chi connectivity index (χ4v) is 2.26. The summed E-state index contributed by atoms with van der Waals surface area (Å²) in [7, 11) is 0. The van der Waals surface area contributed by atoms with Crippen LogP contribution in [0.1, 0.15) is 25.7 Å². The van der Waals surface area contributed by atoms with Crippen molar-refractivity contribution in [1.82, 2.24) is 0 Å². The van der Waals surface area contributed by atoms with Gasteiger partial charge in [0.2, 0.25) is 0 Å². The summed E-state index contributed by atoms with van der Waals surface area (Å²) in [6, 6.07) is 6.95. The van der Waals surface area contributed by atoms with Gasteiger partial charge in [0, 0.05) is 29.9 Å². The van der Waals surface area contributed by atoms with E-state index in [0.717, 1.165) is 18.5 Å². The fourth-order valence-electron chi connectivity index (χ4n) is 2.26. The Bertz CT molecular complexity index is 408. The van der Waals surface area contributed by atoms with Gasteiger partial charge in [-0.3, -0.25) is 10.1 Å². The highest BCUT2D eigenvalue weighted by atomic mass is 16.6. The van der Waals surface area contributed by atoms with E-state index in [9.17, 15) is 10.1 Å². The van der Waals surface area contributed by atoms with Crippen molar-refractivity contribution in [3.05, 3.63) is 34.4 Å². The molecule has 0 saturated heterocycles. The van der Waals surface area contributed by atoms with E-state index >= 15 is 0 Å². The Balaban J connectivity index is 2.07. The van der Waals surface area contributed by atoms with Crippen LogP contribution in [-0.2, 0) is 0 Å². The molecule has 0 aromatic heterocycles. The third-order valence-electron chi connectivity index (χ3n) is 3.23. The zero-order chi connectivity index (χ0) is 12.3. The van der Waals surface area contributed by atoms with Crippen LogP contribution in [0.4, 0.5) is 11.4 Å². The molecule has 1 aliphatic rings. The molecule has 0 amide bonds. The van der Waals surface area contributed by atoms with E-state index in [-0.39, 0.29) is 22.7 Å². The quantitative estimate of drug-likeness (QED) is 0.622. The van der Waals surface area contributed by atoms with Crippen molar-refractivity contribution in [2.24, 2.45) is 5.73 Å². The first-order valence-electron chi connectivity index (χ1n) is 5.93. The molecule has 1 fully saturated rings. The molecule has 1 aromatic carbocycles. The number of rotatable bonds is 3. The number of nitro benzene ring substituents is 1. The lowest BCUT2D eigenvalue weighted by Crippen LogP contribution is -2.42. The van der Waals surface area contributed by atoms with Crippen LogP contribution in [-0.4, -0.2) is 17.0 Å². The van der Waals surface area contributed by atoms with Crippen molar-refractivity contribution in [1.29, 1.82) is 0 Å². The van der Waals surface area contributed by atoms with Crippen LogP contribution in [0, 0.1) is 10.1 Å². The van der Waals surface area contributed by atoms with Gasteiger partial charge in [0.05, 0.1) is 4.92 Å². The van der Waals surface area contributed by atoms with Crippen LogP contribution in [0.25, 0.3) is 0 Å². The van der Waals surface area contributed by atoms with E-state index in [4.69, 9.17) is 5.73 Å². The molecule has 1 aromatic rings. The van der Waals surface area contributed by atoms with Crippen molar-refractivity contribution in [3.8, 4) is 0 Å². The monoisotopic (exact) mass is 235 g/mol. The molecule has 0 bridgehead atoms. The third kappa shape index (κ3) is 2.94. The normalized spacial score (nSPS) is 24.3. The Kier molecular flexibility index (Phi) is 3.58. The SMILES string of the molecule is N[C@@H]1CCCC[C@H]1Nc1cccc([N+](=O)[O-])c1. The van der Waals surface area contributed by atoms with E-state index in [1.807, 2.05) is 6.07 Å². The van der Waals surface area contributed by atoms with E-state index in [1.165, 1.54) is 18.9 Å². The first-order valence-corrected chi connectivity index (χ1v) is 5.93. The van der Waals surface area contributed by atoms with E-state index in [1.54, 1.807) is 12.1 Å². The topological polar surface area (TPSA) is 81.2 Å². The first-order chi connectivity index (χ1) is 8.16. The molecule has 0 spiro atoms. The standard InChI is InChI=1S/C12H17N3O2/c13-11-6-1-2-7-12(11)14-9-4-3-5-10(8-9)15(16)17/h3-5,8,11-12,14H,1-2,6-7,13H2/t11-,12-/m1/s1. The average molecular weight is 235 g/mol. The molecular formula is C12H17N3O2. The number of benzene rings is 1. The molecule has 2 atom stereocenters. The van der Waals surface area contributed by atoms with E-state index in [0.29, 0.717) is 0 Å². The van der Waals surface area contributed by atoms with Gasteiger partial charge in [0.1, 0.15) is 0 Å². The largest absolute Gasteiger partial charge is 0.381 e. The third-order valence-corrected chi connectivity index (χ3v) is 3.23. The van der Waals surface area contributed by atoms with E-state index < -0.39 is 0 Å². The highest BCUT2D eigenvalue weighted by molar-refractivity contribution is 5.51. The Morgan fingerprint density at radius 1 is 1.35 bits per heavy atom. The number of nitrogens with one attached hydrogen (secondary N) is 1. The van der Waals surface area contributed by atoms with Gasteiger partial charge in [0.15, 0.2) is 0 Å². The van der Waals surface area contributed by atoms with Gasteiger partial charge >= 0.3 is 0 Å². The summed E-state index contributed by atoms with van der Waals surface area (Å²) in [5.41, 5.74) is 6.92. The molecule has 2 rings (SSSR count). The van der Waals surface area contributed by atoms with Gasteiger partial charge < -0.3 is 11.1 Å². The van der Waals surface area contributed by atoms with Crippen LogP contribution in [0.5, 0.6) is 0 Å². The molecule has 17 heavy (non-hydrogen) atoms.